The van der Waals surface area contributed by atoms with E-state index in [4.69, 9.17) is 4.74 Å². The van der Waals surface area contributed by atoms with Crippen LogP contribution in [0.4, 0.5) is 0 Å². The van der Waals surface area contributed by atoms with E-state index in [0.29, 0.717) is 25.8 Å². The van der Waals surface area contributed by atoms with E-state index in [1.54, 1.807) is 0 Å². The van der Waals surface area contributed by atoms with Crippen LogP contribution in [0.5, 0.6) is 5.75 Å². The van der Waals surface area contributed by atoms with E-state index >= 15 is 0 Å². The Morgan fingerprint density at radius 2 is 2.00 bits per heavy atom. The molecule has 1 fully saturated rings. The monoisotopic (exact) mass is 395 g/mol. The van der Waals surface area contributed by atoms with Crippen molar-refractivity contribution in [2.75, 3.05) is 27.2 Å². The second-order valence-electron chi connectivity index (χ2n) is 8.15. The van der Waals surface area contributed by atoms with Gasteiger partial charge < -0.3 is 10.1 Å². The Morgan fingerprint density at radius 3 is 2.70 bits per heavy atom. The average Bonchev–Trinajstić information content (AvgIpc) is 2.60. The molecule has 8 heteroatoms. The second-order valence-corrected chi connectivity index (χ2v) is 10.3. The van der Waals surface area contributed by atoms with Crippen LogP contribution in [0, 0.1) is 5.92 Å². The van der Waals surface area contributed by atoms with Gasteiger partial charge in [0.15, 0.2) is 0 Å². The SMILES string of the molecule is CN(C)S(=O)(=O)N1CCC[C@@H](C(=O)N[C@@H]2CC(C)(C)Oc3ccccc32)C1. The molecule has 0 radical (unpaired) electrons. The third-order valence-corrected chi connectivity index (χ3v) is 7.14. The number of amides is 1. The number of nitrogens with one attached hydrogen (secondary N) is 1. The lowest BCUT2D eigenvalue weighted by atomic mass is 9.89. The molecule has 150 valence electrons. The van der Waals surface area contributed by atoms with Gasteiger partial charge in [-0.3, -0.25) is 4.79 Å². The zero-order valence-corrected chi connectivity index (χ0v) is 17.3. The first-order valence-electron chi connectivity index (χ1n) is 9.36. The number of carbonyl (C=O) groups is 1. The van der Waals surface area contributed by atoms with E-state index in [2.05, 4.69) is 5.32 Å². The number of benzene rings is 1. The number of piperidine rings is 1. The molecule has 7 nitrogen and oxygen atoms in total. The van der Waals surface area contributed by atoms with Gasteiger partial charge in [-0.2, -0.15) is 17.0 Å². The highest BCUT2D eigenvalue weighted by molar-refractivity contribution is 7.86. The lowest BCUT2D eigenvalue weighted by Gasteiger charge is -2.39. The first-order chi connectivity index (χ1) is 12.6. The van der Waals surface area contributed by atoms with Crippen molar-refractivity contribution in [3.63, 3.8) is 0 Å². The largest absolute Gasteiger partial charge is 0.487 e. The van der Waals surface area contributed by atoms with Crippen LogP contribution in [0.2, 0.25) is 0 Å². The molecule has 1 N–H and O–H groups in total. The molecule has 0 bridgehead atoms. The molecular weight excluding hydrogens is 366 g/mol. The van der Waals surface area contributed by atoms with Crippen molar-refractivity contribution in [1.29, 1.82) is 0 Å². The molecule has 2 aliphatic rings. The van der Waals surface area contributed by atoms with Crippen molar-refractivity contribution in [2.45, 2.75) is 44.8 Å². The van der Waals surface area contributed by atoms with Crippen LogP contribution in [0.25, 0.3) is 0 Å². The Morgan fingerprint density at radius 1 is 1.30 bits per heavy atom. The number of hydrogen-bond acceptors (Lipinski definition) is 4. The molecule has 1 amide bonds. The number of hydrogen-bond donors (Lipinski definition) is 1. The smallest absolute Gasteiger partial charge is 0.281 e. The van der Waals surface area contributed by atoms with Crippen LogP contribution >= 0.6 is 0 Å². The summed E-state index contributed by atoms with van der Waals surface area (Å²) in [5.74, 6) is 0.359. The standard InChI is InChI=1S/C19H29N3O4S/c1-19(2)12-16(15-9-5-6-10-17(15)26-19)20-18(23)14-8-7-11-22(13-14)27(24,25)21(3)4/h5-6,9-10,14,16H,7-8,11-13H2,1-4H3,(H,20,23)/t14-,16-/m1/s1. The molecule has 1 aromatic carbocycles. The number of para-hydroxylation sites is 1. The Hall–Kier alpha value is -1.64. The zero-order valence-electron chi connectivity index (χ0n) is 16.4. The van der Waals surface area contributed by atoms with Crippen LogP contribution in [0.15, 0.2) is 24.3 Å². The Balaban J connectivity index is 1.74. The van der Waals surface area contributed by atoms with E-state index in [1.165, 1.54) is 22.7 Å². The number of carbonyl (C=O) groups excluding carboxylic acids is 1. The fraction of sp³-hybridized carbons (Fsp3) is 0.632. The van der Waals surface area contributed by atoms with Crippen LogP contribution in [0.3, 0.4) is 0 Å². The van der Waals surface area contributed by atoms with Crippen molar-refractivity contribution in [3.8, 4) is 5.75 Å². The minimum atomic E-state index is -3.50. The highest BCUT2D eigenvalue weighted by Crippen LogP contribution is 2.39. The van der Waals surface area contributed by atoms with Crippen LogP contribution in [0.1, 0.15) is 44.7 Å². The third kappa shape index (κ3) is 4.28. The summed E-state index contributed by atoms with van der Waals surface area (Å²) in [7, 11) is -0.472. The van der Waals surface area contributed by atoms with Gasteiger partial charge in [0, 0.05) is 39.2 Å². The summed E-state index contributed by atoms with van der Waals surface area (Å²) < 4.78 is 33.4. The van der Waals surface area contributed by atoms with Crippen LogP contribution < -0.4 is 10.1 Å². The van der Waals surface area contributed by atoms with Gasteiger partial charge in [-0.25, -0.2) is 0 Å². The first kappa shape index (κ1) is 20.1. The number of nitrogens with zero attached hydrogens (tertiary/aromatic N) is 2. The maximum atomic E-state index is 12.9. The van der Waals surface area contributed by atoms with E-state index in [1.807, 2.05) is 38.1 Å². The molecule has 0 spiro atoms. The molecule has 2 aliphatic heterocycles. The van der Waals surface area contributed by atoms with E-state index in [9.17, 15) is 13.2 Å². The van der Waals surface area contributed by atoms with E-state index < -0.39 is 10.2 Å². The van der Waals surface area contributed by atoms with Gasteiger partial charge in [0.05, 0.1) is 12.0 Å². The summed E-state index contributed by atoms with van der Waals surface area (Å²) in [4.78, 5) is 12.9. The summed E-state index contributed by atoms with van der Waals surface area (Å²) in [6, 6.07) is 7.61. The molecule has 0 saturated carbocycles. The number of fused-ring (bicyclic) bond motifs is 1. The first-order valence-corrected chi connectivity index (χ1v) is 10.8. The minimum Gasteiger partial charge on any atom is -0.487 e. The molecule has 1 aromatic rings. The molecule has 27 heavy (non-hydrogen) atoms. The maximum Gasteiger partial charge on any atom is 0.281 e. The molecule has 0 aromatic heterocycles. The molecule has 0 aliphatic carbocycles. The molecule has 2 atom stereocenters. The van der Waals surface area contributed by atoms with E-state index in [-0.39, 0.29) is 30.0 Å². The summed E-state index contributed by atoms with van der Waals surface area (Å²) in [6.07, 6.45) is 2.04. The van der Waals surface area contributed by atoms with Gasteiger partial charge in [-0.1, -0.05) is 18.2 Å². The highest BCUT2D eigenvalue weighted by atomic mass is 32.2. The van der Waals surface area contributed by atoms with E-state index in [0.717, 1.165) is 11.3 Å². The summed E-state index contributed by atoms with van der Waals surface area (Å²) >= 11 is 0. The summed E-state index contributed by atoms with van der Waals surface area (Å²) in [6.45, 7) is 4.69. The Bertz CT molecular complexity index is 807. The molecule has 1 saturated heterocycles. The quantitative estimate of drug-likeness (QED) is 0.845. The Kier molecular flexibility index (Phi) is 5.52. The topological polar surface area (TPSA) is 79.0 Å². The van der Waals surface area contributed by atoms with Crippen LogP contribution in [-0.4, -0.2) is 55.7 Å². The molecule has 3 rings (SSSR count). The minimum absolute atomic E-state index is 0.0915. The predicted octanol–water partition coefficient (Wildman–Crippen LogP) is 1.92. The average molecular weight is 396 g/mol. The van der Waals surface area contributed by atoms with Gasteiger partial charge in [0.2, 0.25) is 5.91 Å². The Labute approximate surface area is 161 Å². The van der Waals surface area contributed by atoms with Gasteiger partial charge >= 0.3 is 0 Å². The second kappa shape index (κ2) is 7.41. The van der Waals surface area contributed by atoms with Crippen molar-refractivity contribution in [3.05, 3.63) is 29.8 Å². The molecular formula is C19H29N3O4S. The third-order valence-electron chi connectivity index (χ3n) is 5.24. The fourth-order valence-electron chi connectivity index (χ4n) is 3.82. The normalized spacial score (nSPS) is 25.5. The summed E-state index contributed by atoms with van der Waals surface area (Å²) in [5.41, 5.74) is 0.595. The lowest BCUT2D eigenvalue weighted by molar-refractivity contribution is -0.127. The van der Waals surface area contributed by atoms with Gasteiger partial charge in [-0.05, 0) is 32.8 Å². The maximum absolute atomic E-state index is 12.9. The van der Waals surface area contributed by atoms with Crippen molar-refractivity contribution >= 4 is 16.1 Å². The van der Waals surface area contributed by atoms with Crippen LogP contribution in [-0.2, 0) is 15.0 Å². The highest BCUT2D eigenvalue weighted by Gasteiger charge is 2.37. The van der Waals surface area contributed by atoms with Crippen molar-refractivity contribution in [2.24, 2.45) is 5.92 Å². The zero-order chi connectivity index (χ0) is 19.8. The van der Waals surface area contributed by atoms with Crippen molar-refractivity contribution < 1.29 is 17.9 Å². The fourth-order valence-corrected chi connectivity index (χ4v) is 5.01. The summed E-state index contributed by atoms with van der Waals surface area (Å²) in [5, 5.41) is 3.15. The number of rotatable bonds is 4. The lowest BCUT2D eigenvalue weighted by Crippen LogP contribution is -2.50. The molecule has 0 unspecified atom stereocenters. The number of ether oxygens (including phenoxy) is 1. The van der Waals surface area contributed by atoms with Gasteiger partial charge in [-0.15, -0.1) is 0 Å². The van der Waals surface area contributed by atoms with Crippen molar-refractivity contribution in [1.82, 2.24) is 13.9 Å². The van der Waals surface area contributed by atoms with Gasteiger partial charge in [0.1, 0.15) is 11.4 Å². The molecule has 2 heterocycles. The predicted molar refractivity (Wildman–Crippen MR) is 104 cm³/mol. The van der Waals surface area contributed by atoms with Gasteiger partial charge in [0.25, 0.3) is 10.2 Å².